The smallest absolute Gasteiger partial charge is 0.452 e. The molecule has 1 fully saturated rings. The summed E-state index contributed by atoms with van der Waals surface area (Å²) in [5, 5.41) is 0. The molecule has 1 aliphatic heterocycles. The molecule has 218 valence electrons. The number of hydrogen-bond acceptors (Lipinski definition) is 2. The molecule has 0 aliphatic carbocycles. The Hall–Kier alpha value is -3.49. The zero-order chi connectivity index (χ0) is 30.6. The Balaban J connectivity index is 2.57. The first-order chi connectivity index (χ1) is 18.1. The van der Waals surface area contributed by atoms with Gasteiger partial charge in [0.1, 0.15) is 5.76 Å². The maximum atomic E-state index is 15.3. The van der Waals surface area contributed by atoms with E-state index in [1.807, 2.05) is 0 Å². The van der Waals surface area contributed by atoms with Crippen molar-refractivity contribution in [1.29, 1.82) is 0 Å². The fourth-order valence-corrected chi connectivity index (χ4v) is 3.90. The van der Waals surface area contributed by atoms with Crippen LogP contribution in [0.3, 0.4) is 0 Å². The number of allylic oxidation sites excluding steroid dienone is 1. The summed E-state index contributed by atoms with van der Waals surface area (Å²) in [4.78, 5) is 0. The van der Waals surface area contributed by atoms with Gasteiger partial charge in [-0.05, 0) is 16.7 Å². The number of alkyl halides is 13. The molecule has 2 aromatic rings. The van der Waals surface area contributed by atoms with Gasteiger partial charge in [0.2, 0.25) is 5.60 Å². The van der Waals surface area contributed by atoms with Gasteiger partial charge in [-0.15, -0.1) is 0 Å². The Morgan fingerprint density at radius 1 is 0.575 bits per heavy atom. The number of halogens is 13. The van der Waals surface area contributed by atoms with E-state index in [1.54, 1.807) is 0 Å². The van der Waals surface area contributed by atoms with Crippen molar-refractivity contribution < 1.29 is 66.5 Å². The normalized spacial score (nSPS) is 23.7. The zero-order valence-corrected chi connectivity index (χ0v) is 19.5. The molecule has 2 atom stereocenters. The summed E-state index contributed by atoms with van der Waals surface area (Å²) in [6, 6.07) is 4.42. The number of rotatable bonds is 6. The molecular weight excluding hydrogens is 579 g/mol. The minimum Gasteiger partial charge on any atom is -0.452 e. The van der Waals surface area contributed by atoms with Crippen molar-refractivity contribution in [2.45, 2.75) is 41.8 Å². The van der Waals surface area contributed by atoms with Crippen LogP contribution in [0.5, 0.6) is 0 Å². The maximum absolute atomic E-state index is 15.3. The average Bonchev–Trinajstić information content (AvgIpc) is 3.19. The van der Waals surface area contributed by atoms with Crippen molar-refractivity contribution in [3.05, 3.63) is 95.8 Å². The van der Waals surface area contributed by atoms with Gasteiger partial charge in [-0.1, -0.05) is 73.8 Å². The van der Waals surface area contributed by atoms with Crippen molar-refractivity contribution in [3.8, 4) is 0 Å². The third-order valence-electron chi connectivity index (χ3n) is 5.84. The first-order valence-corrected chi connectivity index (χ1v) is 10.6. The van der Waals surface area contributed by atoms with E-state index in [9.17, 15) is 39.5 Å². The highest BCUT2D eigenvalue weighted by Crippen LogP contribution is 2.66. The molecule has 0 bridgehead atoms. The van der Waals surface area contributed by atoms with Crippen LogP contribution in [0, 0.1) is 0 Å². The summed E-state index contributed by atoms with van der Waals surface area (Å²) >= 11 is 0. The predicted octanol–water partition coefficient (Wildman–Crippen LogP) is 8.91. The minimum atomic E-state index is -6.87. The lowest BCUT2D eigenvalue weighted by atomic mass is 9.83. The Morgan fingerprint density at radius 2 is 0.975 bits per heavy atom. The second kappa shape index (κ2) is 9.56. The van der Waals surface area contributed by atoms with Gasteiger partial charge < -0.3 is 9.47 Å². The second-order valence-electron chi connectivity index (χ2n) is 8.35. The molecule has 15 heteroatoms. The van der Waals surface area contributed by atoms with Crippen LogP contribution in [-0.4, -0.2) is 30.4 Å². The molecular formula is C25H15F13O2. The molecule has 0 radical (unpaired) electrons. The number of hydrogen-bond donors (Lipinski definition) is 0. The molecule has 1 aliphatic rings. The average molecular weight is 594 g/mol. The highest BCUT2D eigenvalue weighted by molar-refractivity contribution is 5.51. The van der Waals surface area contributed by atoms with Crippen molar-refractivity contribution in [2.75, 3.05) is 0 Å². The SMILES string of the molecule is C=Cc1ccc(C2(C(F)(F)C(F)(F)F)O/C(=C/C(F)(F)F)C(c3ccc(C=C)cc3)(C(F)(F)C(F)(F)F)O2)cc1. The first kappa shape index (κ1) is 31.0. The lowest BCUT2D eigenvalue weighted by Crippen LogP contribution is -2.60. The third-order valence-corrected chi connectivity index (χ3v) is 5.84. The van der Waals surface area contributed by atoms with E-state index < -0.39 is 64.7 Å². The minimum absolute atomic E-state index is 0.00129. The molecule has 1 heterocycles. The molecule has 0 aromatic heterocycles. The van der Waals surface area contributed by atoms with Gasteiger partial charge in [0.05, 0.1) is 6.08 Å². The lowest BCUT2D eigenvalue weighted by Gasteiger charge is -2.40. The highest BCUT2D eigenvalue weighted by atomic mass is 19.4. The molecule has 0 saturated carbocycles. The van der Waals surface area contributed by atoms with E-state index in [-0.39, 0.29) is 11.1 Å². The largest absolute Gasteiger partial charge is 0.460 e. The summed E-state index contributed by atoms with van der Waals surface area (Å²) in [6.07, 6.45) is -18.9. The van der Waals surface area contributed by atoms with Crippen LogP contribution >= 0.6 is 0 Å². The summed E-state index contributed by atoms with van der Waals surface area (Å²) in [6.45, 7) is 6.58. The van der Waals surface area contributed by atoms with E-state index in [4.69, 9.17) is 0 Å². The Kier molecular flexibility index (Phi) is 7.42. The van der Waals surface area contributed by atoms with Crippen LogP contribution in [0.15, 0.2) is 73.5 Å². The highest BCUT2D eigenvalue weighted by Gasteiger charge is 2.85. The molecule has 3 rings (SSSR count). The van der Waals surface area contributed by atoms with Gasteiger partial charge >= 0.3 is 36.2 Å². The van der Waals surface area contributed by atoms with Gasteiger partial charge in [-0.3, -0.25) is 0 Å². The van der Waals surface area contributed by atoms with Crippen LogP contribution in [0.2, 0.25) is 0 Å². The van der Waals surface area contributed by atoms with Crippen LogP contribution < -0.4 is 0 Å². The summed E-state index contributed by atoms with van der Waals surface area (Å²) in [7, 11) is 0. The van der Waals surface area contributed by atoms with Gasteiger partial charge in [0, 0.05) is 5.56 Å². The van der Waals surface area contributed by atoms with Crippen LogP contribution in [-0.2, 0) is 20.9 Å². The van der Waals surface area contributed by atoms with Crippen LogP contribution in [0.4, 0.5) is 57.1 Å². The quantitative estimate of drug-likeness (QED) is 0.311. The zero-order valence-electron chi connectivity index (χ0n) is 19.5. The van der Waals surface area contributed by atoms with E-state index in [0.717, 1.165) is 36.4 Å². The summed E-state index contributed by atoms with van der Waals surface area (Å²) < 4.78 is 193. The first-order valence-electron chi connectivity index (χ1n) is 10.6. The van der Waals surface area contributed by atoms with Gasteiger partial charge in [0.25, 0.3) is 0 Å². The summed E-state index contributed by atoms with van der Waals surface area (Å²) in [5.41, 5.74) is -8.12. The van der Waals surface area contributed by atoms with Crippen LogP contribution in [0.25, 0.3) is 12.2 Å². The fourth-order valence-electron chi connectivity index (χ4n) is 3.90. The molecule has 2 aromatic carbocycles. The molecule has 1 saturated heterocycles. The second-order valence-corrected chi connectivity index (χ2v) is 8.35. The van der Waals surface area contributed by atoms with Crippen molar-refractivity contribution in [3.63, 3.8) is 0 Å². The number of ether oxygens (including phenoxy) is 2. The van der Waals surface area contributed by atoms with E-state index >= 15 is 17.6 Å². The topological polar surface area (TPSA) is 18.5 Å². The van der Waals surface area contributed by atoms with Gasteiger partial charge in [-0.2, -0.15) is 57.1 Å². The third kappa shape index (κ3) is 4.73. The van der Waals surface area contributed by atoms with Crippen molar-refractivity contribution in [1.82, 2.24) is 0 Å². The number of benzene rings is 2. The standard InChI is InChI=1S/C25H15F13O2/c1-3-14-5-9-16(10-6-14)20(22(29,30)24(33,34)35)18(13-19(26,27)28)39-21(40-20,23(31,32)25(36,37)38)17-11-7-15(4-2)8-12-17/h3-13H,1-2H2/b18-13+. The molecule has 0 amide bonds. The lowest BCUT2D eigenvalue weighted by molar-refractivity contribution is -0.423. The van der Waals surface area contributed by atoms with E-state index in [0.29, 0.717) is 24.3 Å². The van der Waals surface area contributed by atoms with Gasteiger partial charge in [-0.25, -0.2) is 0 Å². The van der Waals surface area contributed by atoms with Crippen LogP contribution in [0.1, 0.15) is 22.3 Å². The maximum Gasteiger partial charge on any atom is 0.460 e. The van der Waals surface area contributed by atoms with Crippen molar-refractivity contribution in [2.24, 2.45) is 0 Å². The van der Waals surface area contributed by atoms with Crippen molar-refractivity contribution >= 4 is 12.2 Å². The Bertz CT molecular complexity index is 1290. The molecule has 40 heavy (non-hydrogen) atoms. The Labute approximate surface area is 217 Å². The predicted molar refractivity (Wildman–Crippen MR) is 115 cm³/mol. The molecule has 0 spiro atoms. The molecule has 2 nitrogen and oxygen atoms in total. The van der Waals surface area contributed by atoms with E-state index in [2.05, 4.69) is 22.6 Å². The Morgan fingerprint density at radius 3 is 1.32 bits per heavy atom. The molecule has 2 unspecified atom stereocenters. The fraction of sp³-hybridized carbons (Fsp3) is 0.280. The molecule has 0 N–H and O–H groups in total. The summed E-state index contributed by atoms with van der Waals surface area (Å²) in [5.74, 6) is -20.8. The van der Waals surface area contributed by atoms with Gasteiger partial charge in [0.15, 0.2) is 0 Å². The monoisotopic (exact) mass is 594 g/mol. The van der Waals surface area contributed by atoms with E-state index in [1.165, 1.54) is 0 Å².